The first kappa shape index (κ1) is 15.9. The van der Waals surface area contributed by atoms with Gasteiger partial charge in [0.25, 0.3) is 0 Å². The van der Waals surface area contributed by atoms with Crippen molar-refractivity contribution >= 4 is 0 Å². The topological polar surface area (TPSA) is 33.7 Å². The fraction of sp³-hybridized carbons (Fsp3) is 1.00. The molecular formula is C14H30N2O2. The molecule has 1 fully saturated rings. The summed E-state index contributed by atoms with van der Waals surface area (Å²) in [5.41, 5.74) is 0. The zero-order valence-electron chi connectivity index (χ0n) is 12.3. The molecule has 0 aromatic carbocycles. The van der Waals surface area contributed by atoms with Crippen LogP contribution in [0.3, 0.4) is 0 Å². The standard InChI is InChI=1S/C14H30N2O2/c1-4-7-15-13-5-6-14(12-13)16(8-10-17-2)9-11-18-3/h13-15H,4-12H2,1-3H3. The van der Waals surface area contributed by atoms with Gasteiger partial charge in [0.2, 0.25) is 0 Å². The second-order valence-electron chi connectivity index (χ2n) is 5.14. The van der Waals surface area contributed by atoms with Crippen molar-refractivity contribution in [3.8, 4) is 0 Å². The molecule has 0 aromatic heterocycles. The third-order valence-electron chi connectivity index (χ3n) is 3.77. The van der Waals surface area contributed by atoms with Crippen molar-refractivity contribution in [2.24, 2.45) is 0 Å². The minimum absolute atomic E-state index is 0.699. The van der Waals surface area contributed by atoms with E-state index >= 15 is 0 Å². The number of nitrogens with zero attached hydrogens (tertiary/aromatic N) is 1. The average molecular weight is 258 g/mol. The van der Waals surface area contributed by atoms with Gasteiger partial charge in [-0.1, -0.05) is 6.92 Å². The molecule has 2 atom stereocenters. The number of hydrogen-bond donors (Lipinski definition) is 1. The first-order valence-electron chi connectivity index (χ1n) is 7.27. The Morgan fingerprint density at radius 2 is 1.78 bits per heavy atom. The van der Waals surface area contributed by atoms with E-state index in [0.29, 0.717) is 12.1 Å². The quantitative estimate of drug-likeness (QED) is 0.644. The average Bonchev–Trinajstić information content (AvgIpc) is 2.85. The van der Waals surface area contributed by atoms with Crippen molar-refractivity contribution in [3.63, 3.8) is 0 Å². The lowest BCUT2D eigenvalue weighted by molar-refractivity contribution is 0.0880. The summed E-state index contributed by atoms with van der Waals surface area (Å²) in [6.07, 6.45) is 5.10. The van der Waals surface area contributed by atoms with E-state index in [1.54, 1.807) is 14.2 Å². The largest absolute Gasteiger partial charge is 0.383 e. The number of nitrogens with one attached hydrogen (secondary N) is 1. The van der Waals surface area contributed by atoms with E-state index in [9.17, 15) is 0 Å². The van der Waals surface area contributed by atoms with Crippen LogP contribution in [0.2, 0.25) is 0 Å². The van der Waals surface area contributed by atoms with E-state index < -0.39 is 0 Å². The van der Waals surface area contributed by atoms with Crippen LogP contribution in [0.25, 0.3) is 0 Å². The molecule has 1 aliphatic rings. The van der Waals surface area contributed by atoms with Crippen molar-refractivity contribution in [1.82, 2.24) is 10.2 Å². The molecule has 0 aromatic rings. The highest BCUT2D eigenvalue weighted by Crippen LogP contribution is 2.24. The molecule has 1 rings (SSSR count). The van der Waals surface area contributed by atoms with Gasteiger partial charge in [0.1, 0.15) is 0 Å². The van der Waals surface area contributed by atoms with E-state index in [2.05, 4.69) is 17.1 Å². The lowest BCUT2D eigenvalue weighted by Gasteiger charge is -2.28. The van der Waals surface area contributed by atoms with Crippen LogP contribution >= 0.6 is 0 Å². The maximum Gasteiger partial charge on any atom is 0.0589 e. The molecule has 1 saturated carbocycles. The predicted octanol–water partition coefficient (Wildman–Crippen LogP) is 1.50. The number of rotatable bonds is 10. The Morgan fingerprint density at radius 3 is 2.33 bits per heavy atom. The Kier molecular flexibility index (Phi) is 8.59. The summed E-state index contributed by atoms with van der Waals surface area (Å²) in [4.78, 5) is 2.53. The van der Waals surface area contributed by atoms with E-state index in [0.717, 1.165) is 32.8 Å². The molecule has 4 nitrogen and oxygen atoms in total. The summed E-state index contributed by atoms with van der Waals surface area (Å²) < 4.78 is 10.4. The molecule has 0 saturated heterocycles. The van der Waals surface area contributed by atoms with Crippen LogP contribution in [0, 0.1) is 0 Å². The predicted molar refractivity (Wildman–Crippen MR) is 75.0 cm³/mol. The molecular weight excluding hydrogens is 228 g/mol. The molecule has 0 amide bonds. The summed E-state index contributed by atoms with van der Waals surface area (Å²) in [6.45, 7) is 7.03. The molecule has 1 aliphatic carbocycles. The molecule has 0 aliphatic heterocycles. The van der Waals surface area contributed by atoms with Crippen LogP contribution in [0.15, 0.2) is 0 Å². The van der Waals surface area contributed by atoms with Gasteiger partial charge < -0.3 is 14.8 Å². The van der Waals surface area contributed by atoms with E-state index in [1.165, 1.54) is 25.7 Å². The highest BCUT2D eigenvalue weighted by Gasteiger charge is 2.28. The van der Waals surface area contributed by atoms with Gasteiger partial charge in [-0.3, -0.25) is 4.90 Å². The zero-order chi connectivity index (χ0) is 13.2. The van der Waals surface area contributed by atoms with Gasteiger partial charge >= 0.3 is 0 Å². The lowest BCUT2D eigenvalue weighted by Crippen LogP contribution is -2.39. The molecule has 1 N–H and O–H groups in total. The van der Waals surface area contributed by atoms with Gasteiger partial charge in [0.05, 0.1) is 13.2 Å². The van der Waals surface area contributed by atoms with E-state index in [1.807, 2.05) is 0 Å². The van der Waals surface area contributed by atoms with Gasteiger partial charge in [-0.25, -0.2) is 0 Å². The fourth-order valence-corrected chi connectivity index (χ4v) is 2.72. The highest BCUT2D eigenvalue weighted by molar-refractivity contribution is 4.86. The Balaban J connectivity index is 2.33. The van der Waals surface area contributed by atoms with Gasteiger partial charge in [-0.15, -0.1) is 0 Å². The van der Waals surface area contributed by atoms with Crippen LogP contribution in [-0.4, -0.2) is 64.1 Å². The molecule has 108 valence electrons. The summed E-state index contributed by atoms with van der Waals surface area (Å²) >= 11 is 0. The van der Waals surface area contributed by atoms with E-state index in [-0.39, 0.29) is 0 Å². The van der Waals surface area contributed by atoms with Gasteiger partial charge in [0.15, 0.2) is 0 Å². The van der Waals surface area contributed by atoms with Crippen LogP contribution in [0.5, 0.6) is 0 Å². The Bertz CT molecular complexity index is 194. The molecule has 0 heterocycles. The molecule has 18 heavy (non-hydrogen) atoms. The third-order valence-corrected chi connectivity index (χ3v) is 3.77. The summed E-state index contributed by atoms with van der Waals surface area (Å²) in [7, 11) is 3.55. The van der Waals surface area contributed by atoms with E-state index in [4.69, 9.17) is 9.47 Å². The molecule has 2 unspecified atom stereocenters. The summed E-state index contributed by atoms with van der Waals surface area (Å²) in [5.74, 6) is 0. The van der Waals surface area contributed by atoms with Crippen LogP contribution in [0.1, 0.15) is 32.6 Å². The van der Waals surface area contributed by atoms with Crippen molar-refractivity contribution in [3.05, 3.63) is 0 Å². The van der Waals surface area contributed by atoms with Gasteiger partial charge in [-0.05, 0) is 32.2 Å². The van der Waals surface area contributed by atoms with Crippen LogP contribution in [0.4, 0.5) is 0 Å². The van der Waals surface area contributed by atoms with Crippen molar-refractivity contribution in [1.29, 1.82) is 0 Å². The van der Waals surface area contributed by atoms with Gasteiger partial charge in [-0.2, -0.15) is 0 Å². The zero-order valence-corrected chi connectivity index (χ0v) is 12.3. The smallest absolute Gasteiger partial charge is 0.0589 e. The minimum Gasteiger partial charge on any atom is -0.383 e. The molecule has 0 radical (unpaired) electrons. The Hall–Kier alpha value is -0.160. The molecule has 4 heteroatoms. The minimum atomic E-state index is 0.699. The number of hydrogen-bond acceptors (Lipinski definition) is 4. The van der Waals surface area contributed by atoms with Gasteiger partial charge in [0, 0.05) is 39.4 Å². The number of methoxy groups -OCH3 is 2. The second-order valence-corrected chi connectivity index (χ2v) is 5.14. The molecule has 0 spiro atoms. The summed E-state index contributed by atoms with van der Waals surface area (Å²) in [5, 5.41) is 3.64. The maximum atomic E-state index is 5.21. The fourth-order valence-electron chi connectivity index (χ4n) is 2.72. The van der Waals surface area contributed by atoms with Crippen LogP contribution in [-0.2, 0) is 9.47 Å². The SMILES string of the molecule is CCCNC1CCC(N(CCOC)CCOC)C1. The van der Waals surface area contributed by atoms with Crippen molar-refractivity contribution in [2.75, 3.05) is 47.1 Å². The molecule has 0 bridgehead atoms. The van der Waals surface area contributed by atoms with Crippen molar-refractivity contribution in [2.45, 2.75) is 44.7 Å². The van der Waals surface area contributed by atoms with Crippen LogP contribution < -0.4 is 5.32 Å². The first-order valence-corrected chi connectivity index (χ1v) is 7.27. The highest BCUT2D eigenvalue weighted by atomic mass is 16.5. The first-order chi connectivity index (χ1) is 8.81. The Labute approximate surface area is 112 Å². The normalized spacial score (nSPS) is 24.0. The number of ether oxygens (including phenoxy) is 2. The second kappa shape index (κ2) is 9.73. The van der Waals surface area contributed by atoms with Crippen molar-refractivity contribution < 1.29 is 9.47 Å². The Morgan fingerprint density at radius 1 is 1.11 bits per heavy atom. The lowest BCUT2D eigenvalue weighted by atomic mass is 10.2. The summed E-state index contributed by atoms with van der Waals surface area (Å²) in [6, 6.07) is 1.41. The third kappa shape index (κ3) is 5.65. The monoisotopic (exact) mass is 258 g/mol. The maximum absolute atomic E-state index is 5.21.